The fourth-order valence-electron chi connectivity index (χ4n) is 2.56. The second-order valence-corrected chi connectivity index (χ2v) is 5.78. The molecule has 4 heteroatoms. The van der Waals surface area contributed by atoms with Crippen LogP contribution >= 0.6 is 0 Å². The van der Waals surface area contributed by atoms with Crippen LogP contribution in [0.5, 0.6) is 11.5 Å². The summed E-state index contributed by atoms with van der Waals surface area (Å²) in [6.07, 6.45) is 0. The van der Waals surface area contributed by atoms with Crippen LogP contribution in [0.15, 0.2) is 18.2 Å². The average Bonchev–Trinajstić information content (AvgIpc) is 2.45. The van der Waals surface area contributed by atoms with Crippen molar-refractivity contribution in [3.63, 3.8) is 0 Å². The van der Waals surface area contributed by atoms with Gasteiger partial charge in [0.05, 0.1) is 14.2 Å². The van der Waals surface area contributed by atoms with Crippen molar-refractivity contribution in [2.75, 3.05) is 27.3 Å². The van der Waals surface area contributed by atoms with Crippen molar-refractivity contribution in [1.82, 2.24) is 10.2 Å². The maximum atomic E-state index is 5.39. The summed E-state index contributed by atoms with van der Waals surface area (Å²) in [6, 6.07) is 7.02. The molecule has 0 unspecified atom stereocenters. The quantitative estimate of drug-likeness (QED) is 0.710. The van der Waals surface area contributed by atoms with Crippen LogP contribution in [0.4, 0.5) is 0 Å². The smallest absolute Gasteiger partial charge is 0.123 e. The van der Waals surface area contributed by atoms with Crippen LogP contribution in [0.2, 0.25) is 0 Å². The van der Waals surface area contributed by atoms with Crippen molar-refractivity contribution < 1.29 is 9.47 Å². The number of hydrogen-bond donors (Lipinski definition) is 1. The third kappa shape index (κ3) is 5.56. The summed E-state index contributed by atoms with van der Waals surface area (Å²) in [5.41, 5.74) is 1.12. The van der Waals surface area contributed by atoms with Gasteiger partial charge in [-0.1, -0.05) is 0 Å². The zero-order valence-electron chi connectivity index (χ0n) is 14.3. The van der Waals surface area contributed by atoms with E-state index in [4.69, 9.17) is 9.47 Å². The van der Waals surface area contributed by atoms with Crippen molar-refractivity contribution >= 4 is 0 Å². The minimum atomic E-state index is 0.568. The Morgan fingerprint density at radius 1 is 1.05 bits per heavy atom. The molecule has 21 heavy (non-hydrogen) atoms. The molecule has 1 aromatic carbocycles. The van der Waals surface area contributed by atoms with Crippen molar-refractivity contribution in [3.8, 4) is 11.5 Å². The molecule has 0 saturated heterocycles. The number of methoxy groups -OCH3 is 2. The zero-order valence-corrected chi connectivity index (χ0v) is 14.3. The fourth-order valence-corrected chi connectivity index (χ4v) is 2.56. The number of nitrogens with zero attached hydrogens (tertiary/aromatic N) is 1. The third-order valence-electron chi connectivity index (χ3n) is 3.68. The Balaban J connectivity index is 2.52. The molecule has 0 aliphatic heterocycles. The summed E-state index contributed by atoms with van der Waals surface area (Å²) in [5.74, 6) is 1.76. The van der Waals surface area contributed by atoms with E-state index in [2.05, 4.69) is 37.9 Å². The highest BCUT2D eigenvalue weighted by Gasteiger charge is 2.12. The van der Waals surface area contributed by atoms with Gasteiger partial charge in [-0.3, -0.25) is 4.90 Å². The molecule has 0 radical (unpaired) electrons. The molecule has 0 fully saturated rings. The van der Waals surface area contributed by atoms with E-state index in [1.807, 2.05) is 18.2 Å². The van der Waals surface area contributed by atoms with Gasteiger partial charge in [0.1, 0.15) is 11.5 Å². The van der Waals surface area contributed by atoms with E-state index in [-0.39, 0.29) is 0 Å². The van der Waals surface area contributed by atoms with Crippen LogP contribution in [-0.2, 0) is 6.54 Å². The fraction of sp³-hybridized carbons (Fsp3) is 0.647. The highest BCUT2D eigenvalue weighted by molar-refractivity contribution is 5.40. The Bertz CT molecular complexity index is 411. The van der Waals surface area contributed by atoms with E-state index in [9.17, 15) is 0 Å². The average molecular weight is 294 g/mol. The minimum Gasteiger partial charge on any atom is -0.497 e. The second-order valence-electron chi connectivity index (χ2n) is 5.78. The van der Waals surface area contributed by atoms with E-state index in [1.54, 1.807) is 14.2 Å². The maximum absolute atomic E-state index is 5.39. The Morgan fingerprint density at radius 2 is 1.71 bits per heavy atom. The van der Waals surface area contributed by atoms with Gasteiger partial charge in [0.2, 0.25) is 0 Å². The normalized spacial score (nSPS) is 11.5. The molecule has 0 spiro atoms. The summed E-state index contributed by atoms with van der Waals surface area (Å²) in [4.78, 5) is 2.48. The molecule has 4 nitrogen and oxygen atoms in total. The van der Waals surface area contributed by atoms with Gasteiger partial charge in [0.15, 0.2) is 0 Å². The Hall–Kier alpha value is -1.26. The molecule has 0 bridgehead atoms. The van der Waals surface area contributed by atoms with Gasteiger partial charge in [-0.2, -0.15) is 0 Å². The van der Waals surface area contributed by atoms with Gasteiger partial charge in [0, 0.05) is 37.3 Å². The molecule has 0 atom stereocenters. The molecule has 0 aliphatic rings. The van der Waals surface area contributed by atoms with Crippen molar-refractivity contribution in [2.24, 2.45) is 0 Å². The molecular weight excluding hydrogens is 264 g/mol. The second kappa shape index (κ2) is 8.90. The van der Waals surface area contributed by atoms with Gasteiger partial charge in [-0.05, 0) is 45.9 Å². The molecule has 120 valence electrons. The molecule has 0 aromatic heterocycles. The highest BCUT2D eigenvalue weighted by Crippen LogP contribution is 2.23. The molecule has 0 heterocycles. The number of nitrogens with one attached hydrogen (secondary N) is 1. The first-order chi connectivity index (χ1) is 9.99. The summed E-state index contributed by atoms with van der Waals surface area (Å²) in [5, 5.41) is 3.49. The standard InChI is InChI=1S/C17H30N2O2/c1-13(2)19(14(3)4)10-9-18-12-15-11-16(20-5)7-8-17(15)21-6/h7-8,11,13-14,18H,9-10,12H2,1-6H3. The van der Waals surface area contributed by atoms with E-state index < -0.39 is 0 Å². The largest absolute Gasteiger partial charge is 0.497 e. The number of benzene rings is 1. The van der Waals surface area contributed by atoms with Gasteiger partial charge in [-0.15, -0.1) is 0 Å². The summed E-state index contributed by atoms with van der Waals surface area (Å²) >= 11 is 0. The highest BCUT2D eigenvalue weighted by atomic mass is 16.5. The summed E-state index contributed by atoms with van der Waals surface area (Å²) < 4.78 is 10.7. The minimum absolute atomic E-state index is 0.568. The summed E-state index contributed by atoms with van der Waals surface area (Å²) in [7, 11) is 3.38. The van der Waals surface area contributed by atoms with Gasteiger partial charge >= 0.3 is 0 Å². The Morgan fingerprint density at radius 3 is 2.24 bits per heavy atom. The Kier molecular flexibility index (Phi) is 7.54. The lowest BCUT2D eigenvalue weighted by molar-refractivity contribution is 0.175. The van der Waals surface area contributed by atoms with Crippen LogP contribution in [0, 0.1) is 0 Å². The first kappa shape index (κ1) is 17.8. The van der Waals surface area contributed by atoms with Crippen LogP contribution in [0.3, 0.4) is 0 Å². The molecule has 1 aromatic rings. The molecule has 0 aliphatic carbocycles. The topological polar surface area (TPSA) is 33.7 Å². The lowest BCUT2D eigenvalue weighted by atomic mass is 10.2. The van der Waals surface area contributed by atoms with Crippen molar-refractivity contribution in [2.45, 2.75) is 46.3 Å². The molecule has 1 N–H and O–H groups in total. The Labute approximate surface area is 129 Å². The summed E-state index contributed by atoms with van der Waals surface area (Å²) in [6.45, 7) is 11.7. The zero-order chi connectivity index (χ0) is 15.8. The van der Waals surface area contributed by atoms with Gasteiger partial charge in [0.25, 0.3) is 0 Å². The molecule has 1 rings (SSSR count). The SMILES string of the molecule is COc1ccc(OC)c(CNCCN(C(C)C)C(C)C)c1. The number of hydrogen-bond acceptors (Lipinski definition) is 4. The van der Waals surface area contributed by atoms with Gasteiger partial charge < -0.3 is 14.8 Å². The van der Waals surface area contributed by atoms with Crippen LogP contribution in [0.1, 0.15) is 33.3 Å². The first-order valence-electron chi connectivity index (χ1n) is 7.67. The third-order valence-corrected chi connectivity index (χ3v) is 3.68. The van der Waals surface area contributed by atoms with Crippen LogP contribution in [0.25, 0.3) is 0 Å². The molecule has 0 amide bonds. The monoisotopic (exact) mass is 294 g/mol. The maximum Gasteiger partial charge on any atom is 0.123 e. The lowest BCUT2D eigenvalue weighted by Crippen LogP contribution is -2.41. The number of rotatable bonds is 9. The predicted molar refractivity (Wildman–Crippen MR) is 88.2 cm³/mol. The predicted octanol–water partition coefficient (Wildman–Crippen LogP) is 2.91. The molecular formula is C17H30N2O2. The van der Waals surface area contributed by atoms with E-state index >= 15 is 0 Å². The first-order valence-corrected chi connectivity index (χ1v) is 7.67. The van der Waals surface area contributed by atoms with E-state index in [1.165, 1.54) is 0 Å². The van der Waals surface area contributed by atoms with Crippen LogP contribution < -0.4 is 14.8 Å². The van der Waals surface area contributed by atoms with Crippen molar-refractivity contribution in [3.05, 3.63) is 23.8 Å². The number of ether oxygens (including phenoxy) is 2. The lowest BCUT2D eigenvalue weighted by Gasteiger charge is -2.30. The van der Waals surface area contributed by atoms with E-state index in [0.29, 0.717) is 12.1 Å². The van der Waals surface area contributed by atoms with Crippen LogP contribution in [-0.4, -0.2) is 44.3 Å². The van der Waals surface area contributed by atoms with Gasteiger partial charge in [-0.25, -0.2) is 0 Å². The molecule has 0 saturated carbocycles. The van der Waals surface area contributed by atoms with E-state index in [0.717, 1.165) is 36.7 Å². The van der Waals surface area contributed by atoms with Crippen molar-refractivity contribution in [1.29, 1.82) is 0 Å².